The van der Waals surface area contributed by atoms with Crippen LogP contribution in [0.5, 0.6) is 5.75 Å². The second kappa shape index (κ2) is 7.62. The summed E-state index contributed by atoms with van der Waals surface area (Å²) in [6.07, 6.45) is 0.263. The quantitative estimate of drug-likeness (QED) is 0.801. The Morgan fingerprint density at radius 1 is 1.39 bits per heavy atom. The minimum absolute atomic E-state index is 0.312. The first-order valence-corrected chi connectivity index (χ1v) is 6.73. The molecule has 0 aliphatic heterocycles. The van der Waals surface area contributed by atoms with Crippen molar-refractivity contribution < 1.29 is 9.84 Å². The standard InChI is InChI=1S/C14H22ClNO2/c1-4-13(17)9-18-14-6-5-12(15)7-11(14)8-16-10(2)3/h5-7,10,13,16-17H,4,8-9H2,1-3H3. The van der Waals surface area contributed by atoms with Gasteiger partial charge in [-0.1, -0.05) is 32.4 Å². The third-order valence-electron chi connectivity index (χ3n) is 2.63. The Bertz CT molecular complexity index is 369. The number of aliphatic hydroxyl groups excluding tert-OH is 1. The van der Waals surface area contributed by atoms with E-state index in [4.69, 9.17) is 16.3 Å². The molecule has 1 aromatic rings. The molecule has 2 N–H and O–H groups in total. The molecule has 0 amide bonds. The molecular formula is C14H22ClNO2. The number of benzene rings is 1. The Balaban J connectivity index is 2.69. The lowest BCUT2D eigenvalue weighted by Gasteiger charge is -2.15. The van der Waals surface area contributed by atoms with Crippen molar-refractivity contribution in [2.45, 2.75) is 45.9 Å². The molecule has 4 heteroatoms. The predicted molar refractivity (Wildman–Crippen MR) is 75.2 cm³/mol. The lowest BCUT2D eigenvalue weighted by atomic mass is 10.2. The van der Waals surface area contributed by atoms with Crippen LogP contribution in [-0.2, 0) is 6.54 Å². The maximum Gasteiger partial charge on any atom is 0.124 e. The Kier molecular flexibility index (Phi) is 6.47. The molecule has 18 heavy (non-hydrogen) atoms. The summed E-state index contributed by atoms with van der Waals surface area (Å²) in [4.78, 5) is 0. The van der Waals surface area contributed by atoms with Gasteiger partial charge in [0.2, 0.25) is 0 Å². The van der Waals surface area contributed by atoms with Gasteiger partial charge in [-0.25, -0.2) is 0 Å². The summed E-state index contributed by atoms with van der Waals surface area (Å²) in [6, 6.07) is 5.94. The zero-order chi connectivity index (χ0) is 13.5. The molecule has 0 aliphatic carbocycles. The highest BCUT2D eigenvalue weighted by molar-refractivity contribution is 6.30. The van der Waals surface area contributed by atoms with E-state index in [9.17, 15) is 5.11 Å². The van der Waals surface area contributed by atoms with Crippen molar-refractivity contribution in [2.75, 3.05) is 6.61 Å². The van der Waals surface area contributed by atoms with E-state index in [1.54, 1.807) is 6.07 Å². The maximum absolute atomic E-state index is 9.52. The molecule has 0 radical (unpaired) electrons. The first kappa shape index (κ1) is 15.3. The minimum atomic E-state index is -0.424. The van der Waals surface area contributed by atoms with E-state index in [0.29, 0.717) is 30.6 Å². The van der Waals surface area contributed by atoms with Crippen LogP contribution in [0.25, 0.3) is 0 Å². The van der Waals surface area contributed by atoms with Crippen LogP contribution in [0.1, 0.15) is 32.8 Å². The van der Waals surface area contributed by atoms with Gasteiger partial charge in [0.1, 0.15) is 12.4 Å². The van der Waals surface area contributed by atoms with Crippen LogP contribution in [0, 0.1) is 0 Å². The summed E-state index contributed by atoms with van der Waals surface area (Å²) in [5, 5.41) is 13.5. The van der Waals surface area contributed by atoms with Crippen molar-refractivity contribution in [3.63, 3.8) is 0 Å². The summed E-state index contributed by atoms with van der Waals surface area (Å²) >= 11 is 5.99. The van der Waals surface area contributed by atoms with Crippen molar-refractivity contribution in [2.24, 2.45) is 0 Å². The van der Waals surface area contributed by atoms with E-state index in [1.165, 1.54) is 0 Å². The van der Waals surface area contributed by atoms with E-state index >= 15 is 0 Å². The Hall–Kier alpha value is -0.770. The monoisotopic (exact) mass is 271 g/mol. The number of halogens is 1. The van der Waals surface area contributed by atoms with Crippen LogP contribution in [0.4, 0.5) is 0 Å². The number of aliphatic hydroxyl groups is 1. The van der Waals surface area contributed by atoms with Crippen molar-refractivity contribution in [1.82, 2.24) is 5.32 Å². The molecule has 0 fully saturated rings. The first-order chi connectivity index (χ1) is 8.52. The highest BCUT2D eigenvalue weighted by atomic mass is 35.5. The summed E-state index contributed by atoms with van der Waals surface area (Å²) in [5.41, 5.74) is 1.01. The molecule has 102 valence electrons. The predicted octanol–water partition coefficient (Wildman–Crippen LogP) is 2.99. The van der Waals surface area contributed by atoms with E-state index in [2.05, 4.69) is 19.2 Å². The molecular weight excluding hydrogens is 250 g/mol. The third-order valence-corrected chi connectivity index (χ3v) is 2.86. The van der Waals surface area contributed by atoms with E-state index in [0.717, 1.165) is 11.3 Å². The second-order valence-corrected chi connectivity index (χ2v) is 5.10. The fourth-order valence-electron chi connectivity index (χ4n) is 1.44. The molecule has 1 aromatic carbocycles. The Labute approximate surface area is 114 Å². The molecule has 0 heterocycles. The molecule has 3 nitrogen and oxygen atoms in total. The molecule has 0 aromatic heterocycles. The van der Waals surface area contributed by atoms with Gasteiger partial charge in [-0.15, -0.1) is 0 Å². The van der Waals surface area contributed by atoms with Gasteiger partial charge >= 0.3 is 0 Å². The Morgan fingerprint density at radius 2 is 2.11 bits per heavy atom. The fraction of sp³-hybridized carbons (Fsp3) is 0.571. The van der Waals surface area contributed by atoms with Gasteiger partial charge in [-0.3, -0.25) is 0 Å². The Morgan fingerprint density at radius 3 is 2.72 bits per heavy atom. The molecule has 1 atom stereocenters. The van der Waals surface area contributed by atoms with Crippen molar-refractivity contribution >= 4 is 11.6 Å². The molecule has 0 saturated carbocycles. The second-order valence-electron chi connectivity index (χ2n) is 4.66. The average Bonchev–Trinajstić information content (AvgIpc) is 2.34. The molecule has 0 spiro atoms. The van der Waals surface area contributed by atoms with Gasteiger partial charge in [0.25, 0.3) is 0 Å². The fourth-order valence-corrected chi connectivity index (χ4v) is 1.64. The molecule has 0 saturated heterocycles. The number of ether oxygens (including phenoxy) is 1. The van der Waals surface area contributed by atoms with Crippen LogP contribution in [0.15, 0.2) is 18.2 Å². The number of hydrogen-bond acceptors (Lipinski definition) is 3. The topological polar surface area (TPSA) is 41.5 Å². The molecule has 1 rings (SSSR count). The molecule has 0 bridgehead atoms. The van der Waals surface area contributed by atoms with Crippen molar-refractivity contribution in [1.29, 1.82) is 0 Å². The third kappa shape index (κ3) is 5.25. The van der Waals surface area contributed by atoms with Crippen molar-refractivity contribution in [3.05, 3.63) is 28.8 Å². The van der Waals surface area contributed by atoms with E-state index in [-0.39, 0.29) is 0 Å². The van der Waals surface area contributed by atoms with Crippen LogP contribution < -0.4 is 10.1 Å². The number of rotatable bonds is 7. The number of nitrogens with one attached hydrogen (secondary N) is 1. The van der Waals surface area contributed by atoms with Crippen LogP contribution in [-0.4, -0.2) is 23.9 Å². The number of hydrogen-bond donors (Lipinski definition) is 2. The largest absolute Gasteiger partial charge is 0.491 e. The van der Waals surface area contributed by atoms with Crippen molar-refractivity contribution in [3.8, 4) is 5.75 Å². The summed E-state index contributed by atoms with van der Waals surface area (Å²) in [5.74, 6) is 0.778. The van der Waals surface area contributed by atoms with E-state index < -0.39 is 6.10 Å². The lowest BCUT2D eigenvalue weighted by molar-refractivity contribution is 0.104. The van der Waals surface area contributed by atoms with E-state index in [1.807, 2.05) is 19.1 Å². The lowest BCUT2D eigenvalue weighted by Crippen LogP contribution is -2.23. The zero-order valence-corrected chi connectivity index (χ0v) is 12.0. The summed E-state index contributed by atoms with van der Waals surface area (Å²) in [6.45, 7) is 7.12. The smallest absolute Gasteiger partial charge is 0.124 e. The van der Waals surface area contributed by atoms with Crippen LogP contribution in [0.2, 0.25) is 5.02 Å². The van der Waals surface area contributed by atoms with Gasteiger partial charge in [-0.2, -0.15) is 0 Å². The molecule has 1 unspecified atom stereocenters. The first-order valence-electron chi connectivity index (χ1n) is 6.35. The van der Waals surface area contributed by atoms with Crippen LogP contribution in [0.3, 0.4) is 0 Å². The summed E-state index contributed by atoms with van der Waals surface area (Å²) < 4.78 is 5.63. The summed E-state index contributed by atoms with van der Waals surface area (Å²) in [7, 11) is 0. The van der Waals surface area contributed by atoms with Gasteiger partial charge in [-0.05, 0) is 24.6 Å². The normalized spacial score (nSPS) is 12.8. The van der Waals surface area contributed by atoms with Gasteiger partial charge < -0.3 is 15.2 Å². The van der Waals surface area contributed by atoms with Gasteiger partial charge in [0, 0.05) is 23.2 Å². The maximum atomic E-state index is 9.52. The van der Waals surface area contributed by atoms with Gasteiger partial charge in [0.05, 0.1) is 6.10 Å². The highest BCUT2D eigenvalue weighted by Crippen LogP contribution is 2.23. The zero-order valence-electron chi connectivity index (χ0n) is 11.2. The minimum Gasteiger partial charge on any atom is -0.491 e. The average molecular weight is 272 g/mol. The molecule has 0 aliphatic rings. The SMILES string of the molecule is CCC(O)COc1ccc(Cl)cc1CNC(C)C. The van der Waals surface area contributed by atoms with Gasteiger partial charge in [0.15, 0.2) is 0 Å². The van der Waals surface area contributed by atoms with Crippen LogP contribution >= 0.6 is 11.6 Å². The highest BCUT2D eigenvalue weighted by Gasteiger charge is 2.08.